The van der Waals surface area contributed by atoms with Crippen molar-refractivity contribution in [3.63, 3.8) is 0 Å². The molecule has 0 aliphatic carbocycles. The highest BCUT2D eigenvalue weighted by Gasteiger charge is 2.37. The summed E-state index contributed by atoms with van der Waals surface area (Å²) < 4.78 is 26.6. The first kappa shape index (κ1) is 36.1. The number of likely N-dealkylation sites (N-methyl/N-ethyl adjacent to an activating group) is 1. The topological polar surface area (TPSA) is 120 Å². The molecule has 50 heavy (non-hydrogen) atoms. The summed E-state index contributed by atoms with van der Waals surface area (Å²) in [6.07, 6.45) is 1.86. The van der Waals surface area contributed by atoms with Gasteiger partial charge in [-0.25, -0.2) is 8.78 Å². The van der Waals surface area contributed by atoms with Crippen LogP contribution in [0.3, 0.4) is 0 Å². The molecule has 0 aromatic heterocycles. The standard InChI is InChI=1S/C39H43F2N5O4/c1-42-38(49)35(22-28-8-13-29-5-2-3-6-30(29)21-28)46-20-18-33(25-44-37(48)24-27-11-16-32(41)17-12-27)45-34(39(46)50)7-4-19-43-36(47)23-26-9-14-31(40)15-10-26/h2-3,5-6,8-17,21,33-35,45H,4,7,18-20,22-25H2,1H3,(H,42,49)(H,43,47)(H,44,48)/t33-,34+,35?/m0/s1. The van der Waals surface area contributed by atoms with Gasteiger partial charge in [0.25, 0.3) is 0 Å². The molecule has 0 saturated carbocycles. The lowest BCUT2D eigenvalue weighted by Crippen LogP contribution is -2.54. The fourth-order valence-corrected chi connectivity index (χ4v) is 6.29. The number of benzene rings is 4. The molecule has 4 N–H and O–H groups in total. The monoisotopic (exact) mass is 683 g/mol. The number of carbonyl (C=O) groups excluding carboxylic acids is 4. The molecule has 1 aliphatic rings. The fraction of sp³-hybridized carbons (Fsp3) is 0.333. The highest BCUT2D eigenvalue weighted by Crippen LogP contribution is 2.21. The Morgan fingerprint density at radius 1 is 0.820 bits per heavy atom. The van der Waals surface area contributed by atoms with Crippen molar-refractivity contribution in [2.45, 2.75) is 56.7 Å². The van der Waals surface area contributed by atoms with Crippen LogP contribution < -0.4 is 21.3 Å². The largest absolute Gasteiger partial charge is 0.357 e. The third-order valence-corrected chi connectivity index (χ3v) is 9.00. The van der Waals surface area contributed by atoms with Crippen LogP contribution >= 0.6 is 0 Å². The first-order chi connectivity index (χ1) is 24.2. The number of amides is 4. The van der Waals surface area contributed by atoms with E-state index in [4.69, 9.17) is 0 Å². The van der Waals surface area contributed by atoms with Crippen LogP contribution in [0.5, 0.6) is 0 Å². The molecule has 262 valence electrons. The van der Waals surface area contributed by atoms with E-state index in [2.05, 4.69) is 21.3 Å². The van der Waals surface area contributed by atoms with Crippen molar-refractivity contribution < 1.29 is 28.0 Å². The Labute approximate surface area is 290 Å². The molecule has 4 aromatic rings. The lowest BCUT2D eigenvalue weighted by atomic mass is 9.99. The van der Waals surface area contributed by atoms with E-state index in [1.807, 2.05) is 42.5 Å². The third kappa shape index (κ3) is 10.2. The number of halogens is 2. The van der Waals surface area contributed by atoms with Crippen LogP contribution in [-0.4, -0.2) is 73.3 Å². The molecule has 1 saturated heterocycles. The van der Waals surface area contributed by atoms with E-state index in [0.29, 0.717) is 49.9 Å². The number of carbonyl (C=O) groups is 4. The Kier molecular flexibility index (Phi) is 12.6. The van der Waals surface area contributed by atoms with Gasteiger partial charge in [-0.15, -0.1) is 0 Å². The van der Waals surface area contributed by atoms with Gasteiger partial charge in [-0.1, -0.05) is 66.7 Å². The van der Waals surface area contributed by atoms with Crippen LogP contribution in [-0.2, 0) is 38.4 Å². The van der Waals surface area contributed by atoms with Crippen molar-refractivity contribution in [1.82, 2.24) is 26.2 Å². The van der Waals surface area contributed by atoms with E-state index < -0.39 is 12.1 Å². The maximum Gasteiger partial charge on any atom is 0.242 e. The number of hydrogen-bond donors (Lipinski definition) is 4. The van der Waals surface area contributed by atoms with E-state index in [1.54, 1.807) is 36.2 Å². The normalized spacial score (nSPS) is 16.8. The van der Waals surface area contributed by atoms with Crippen LogP contribution in [0.25, 0.3) is 10.8 Å². The number of fused-ring (bicyclic) bond motifs is 1. The molecule has 1 heterocycles. The second-order valence-electron chi connectivity index (χ2n) is 12.7. The molecule has 4 aromatic carbocycles. The summed E-state index contributed by atoms with van der Waals surface area (Å²) in [5, 5.41) is 14.1. The summed E-state index contributed by atoms with van der Waals surface area (Å²) >= 11 is 0. The van der Waals surface area contributed by atoms with Crippen LogP contribution in [0.1, 0.15) is 36.0 Å². The summed E-state index contributed by atoms with van der Waals surface area (Å²) in [6, 6.07) is 23.8. The van der Waals surface area contributed by atoms with E-state index in [0.717, 1.165) is 16.3 Å². The average Bonchev–Trinajstić information content (AvgIpc) is 3.27. The minimum absolute atomic E-state index is 0.0869. The molecule has 0 radical (unpaired) electrons. The molecule has 0 spiro atoms. The highest BCUT2D eigenvalue weighted by atomic mass is 19.1. The van der Waals surface area contributed by atoms with Crippen molar-refractivity contribution in [3.8, 4) is 0 Å². The average molecular weight is 684 g/mol. The zero-order valence-electron chi connectivity index (χ0n) is 28.1. The van der Waals surface area contributed by atoms with Gasteiger partial charge in [-0.3, -0.25) is 19.2 Å². The smallest absolute Gasteiger partial charge is 0.242 e. The molecule has 1 unspecified atom stereocenters. The van der Waals surface area contributed by atoms with Gasteiger partial charge in [0, 0.05) is 39.1 Å². The molecule has 11 heteroatoms. The van der Waals surface area contributed by atoms with Gasteiger partial charge in [0.05, 0.1) is 18.9 Å². The van der Waals surface area contributed by atoms with Crippen molar-refractivity contribution in [2.24, 2.45) is 0 Å². The predicted molar refractivity (Wildman–Crippen MR) is 188 cm³/mol. The van der Waals surface area contributed by atoms with E-state index in [1.165, 1.54) is 24.3 Å². The van der Waals surface area contributed by atoms with Crippen molar-refractivity contribution in [3.05, 3.63) is 119 Å². The van der Waals surface area contributed by atoms with Crippen LogP contribution in [0.2, 0.25) is 0 Å². The number of rotatable bonds is 14. The molecule has 4 amide bonds. The van der Waals surface area contributed by atoms with Crippen molar-refractivity contribution in [1.29, 1.82) is 0 Å². The predicted octanol–water partition coefficient (Wildman–Crippen LogP) is 3.83. The molecule has 3 atom stereocenters. The molecule has 1 fully saturated rings. The van der Waals surface area contributed by atoms with Crippen molar-refractivity contribution in [2.75, 3.05) is 26.7 Å². The summed E-state index contributed by atoms with van der Waals surface area (Å²) in [6.45, 7) is 0.864. The van der Waals surface area contributed by atoms with Gasteiger partial charge in [-0.2, -0.15) is 0 Å². The van der Waals surface area contributed by atoms with Gasteiger partial charge >= 0.3 is 0 Å². The first-order valence-electron chi connectivity index (χ1n) is 17.0. The molecular formula is C39H43F2N5O4. The maximum absolute atomic E-state index is 14.2. The minimum Gasteiger partial charge on any atom is -0.357 e. The van der Waals surface area contributed by atoms with Crippen LogP contribution in [0.15, 0.2) is 91.0 Å². The quantitative estimate of drug-likeness (QED) is 0.151. The lowest BCUT2D eigenvalue weighted by molar-refractivity contribution is -0.141. The van der Waals surface area contributed by atoms with E-state index >= 15 is 0 Å². The highest BCUT2D eigenvalue weighted by molar-refractivity contribution is 5.90. The molecule has 0 bridgehead atoms. The van der Waals surface area contributed by atoms with E-state index in [9.17, 15) is 28.0 Å². The van der Waals surface area contributed by atoms with Gasteiger partial charge in [-0.05, 0) is 71.0 Å². The SMILES string of the molecule is CNC(=O)C(Cc1ccc2ccccc2c1)N1CC[C@@H](CNC(=O)Cc2ccc(F)cc2)N[C@H](CCCNC(=O)Cc2ccc(F)cc2)C1=O. The van der Waals surface area contributed by atoms with Gasteiger partial charge in [0.15, 0.2) is 0 Å². The Morgan fingerprint density at radius 2 is 1.42 bits per heavy atom. The zero-order chi connectivity index (χ0) is 35.5. The summed E-state index contributed by atoms with van der Waals surface area (Å²) in [7, 11) is 1.56. The number of hydrogen-bond acceptors (Lipinski definition) is 5. The Hall–Kier alpha value is -5.16. The lowest BCUT2D eigenvalue weighted by Gasteiger charge is -2.31. The molecule has 1 aliphatic heterocycles. The minimum atomic E-state index is -0.764. The van der Waals surface area contributed by atoms with E-state index in [-0.39, 0.29) is 60.7 Å². The molecule has 5 rings (SSSR count). The Bertz CT molecular complexity index is 1780. The fourth-order valence-electron chi connectivity index (χ4n) is 6.29. The van der Waals surface area contributed by atoms with Gasteiger partial charge in [0.1, 0.15) is 17.7 Å². The maximum atomic E-state index is 14.2. The zero-order valence-corrected chi connectivity index (χ0v) is 28.1. The molecular weight excluding hydrogens is 640 g/mol. The van der Waals surface area contributed by atoms with Gasteiger partial charge < -0.3 is 26.2 Å². The van der Waals surface area contributed by atoms with Crippen LogP contribution in [0, 0.1) is 11.6 Å². The second kappa shape index (κ2) is 17.5. The van der Waals surface area contributed by atoms with Crippen molar-refractivity contribution >= 4 is 34.4 Å². The second-order valence-corrected chi connectivity index (χ2v) is 12.7. The molecule has 9 nitrogen and oxygen atoms in total. The van der Waals surface area contributed by atoms with Crippen LogP contribution in [0.4, 0.5) is 8.78 Å². The summed E-state index contributed by atoms with van der Waals surface area (Å²) in [5.74, 6) is -1.69. The summed E-state index contributed by atoms with van der Waals surface area (Å²) in [4.78, 5) is 54.5. The third-order valence-electron chi connectivity index (χ3n) is 9.00. The number of nitrogens with zero attached hydrogens (tertiary/aromatic N) is 1. The summed E-state index contributed by atoms with van der Waals surface area (Å²) in [5.41, 5.74) is 2.30. The first-order valence-corrected chi connectivity index (χ1v) is 17.0. The number of nitrogens with one attached hydrogen (secondary N) is 4. The Morgan fingerprint density at radius 3 is 2.06 bits per heavy atom. The Balaban J connectivity index is 1.27. The van der Waals surface area contributed by atoms with Gasteiger partial charge in [0.2, 0.25) is 23.6 Å².